The van der Waals surface area contributed by atoms with Crippen LogP contribution in [0.2, 0.25) is 0 Å². The summed E-state index contributed by atoms with van der Waals surface area (Å²) < 4.78 is 6.61. The predicted octanol–water partition coefficient (Wildman–Crippen LogP) is 1.58. The van der Waals surface area contributed by atoms with Gasteiger partial charge in [-0.3, -0.25) is 4.79 Å². The Labute approximate surface area is 139 Å². The Morgan fingerprint density at radius 1 is 1.38 bits per heavy atom. The highest BCUT2D eigenvalue weighted by Gasteiger charge is 2.33. The van der Waals surface area contributed by atoms with Crippen molar-refractivity contribution in [3.8, 4) is 5.69 Å². The zero-order chi connectivity index (χ0) is 17.1. The first-order valence-corrected chi connectivity index (χ1v) is 7.77. The van der Waals surface area contributed by atoms with E-state index in [1.165, 1.54) is 13.3 Å². The molecular weight excluding hydrogens is 310 g/mol. The summed E-state index contributed by atoms with van der Waals surface area (Å²) in [5, 5.41) is 16.0. The van der Waals surface area contributed by atoms with Crippen molar-refractivity contribution in [3.63, 3.8) is 0 Å². The molecule has 1 heterocycles. The second kappa shape index (κ2) is 6.84. The van der Waals surface area contributed by atoms with E-state index in [2.05, 4.69) is 10.4 Å². The van der Waals surface area contributed by atoms with Crippen LogP contribution in [0.25, 0.3) is 5.69 Å². The largest absolute Gasteiger partial charge is 0.480 e. The minimum Gasteiger partial charge on any atom is -0.480 e. The molecule has 1 unspecified atom stereocenters. The molecule has 0 spiro atoms. The van der Waals surface area contributed by atoms with E-state index >= 15 is 0 Å². The molecule has 0 bridgehead atoms. The molecule has 126 valence electrons. The molecule has 7 heteroatoms. The van der Waals surface area contributed by atoms with Crippen LogP contribution in [0.15, 0.2) is 36.5 Å². The lowest BCUT2D eigenvalue weighted by molar-refractivity contribution is -0.140. The van der Waals surface area contributed by atoms with Crippen LogP contribution >= 0.6 is 0 Å². The fourth-order valence-electron chi connectivity index (χ4n) is 2.63. The molecule has 1 aliphatic rings. The van der Waals surface area contributed by atoms with E-state index in [9.17, 15) is 9.59 Å². The SMILES string of the molecule is COCC(NC(=O)c1cnn(-c2ccccc2)c1C1CC1)C(=O)O. The Morgan fingerprint density at radius 3 is 2.67 bits per heavy atom. The minimum absolute atomic E-state index is 0.0906. The number of para-hydroxylation sites is 1. The second-order valence-corrected chi connectivity index (χ2v) is 5.78. The number of hydrogen-bond acceptors (Lipinski definition) is 4. The molecule has 2 N–H and O–H groups in total. The zero-order valence-corrected chi connectivity index (χ0v) is 13.3. The number of carboxylic acid groups (broad SMARTS) is 1. The molecule has 1 fully saturated rings. The second-order valence-electron chi connectivity index (χ2n) is 5.78. The van der Waals surface area contributed by atoms with Gasteiger partial charge in [-0.15, -0.1) is 0 Å². The standard InChI is InChI=1S/C17H19N3O4/c1-24-10-14(17(22)23)19-16(21)13-9-18-20(15(13)11-7-8-11)12-5-3-2-4-6-12/h2-6,9,11,14H,7-8,10H2,1H3,(H,19,21)(H,22,23). The number of ether oxygens (including phenoxy) is 1. The first-order chi connectivity index (χ1) is 11.6. The summed E-state index contributed by atoms with van der Waals surface area (Å²) in [5.74, 6) is -1.30. The van der Waals surface area contributed by atoms with Crippen molar-refractivity contribution in [1.82, 2.24) is 15.1 Å². The molecule has 0 radical (unpaired) electrons. The first kappa shape index (κ1) is 16.2. The summed E-state index contributed by atoms with van der Waals surface area (Å²) in [6.45, 7) is -0.0906. The van der Waals surface area contributed by atoms with Crippen molar-refractivity contribution < 1.29 is 19.4 Å². The molecule has 24 heavy (non-hydrogen) atoms. The average molecular weight is 329 g/mol. The van der Waals surface area contributed by atoms with Gasteiger partial charge in [0.05, 0.1) is 29.7 Å². The quantitative estimate of drug-likeness (QED) is 0.804. The minimum atomic E-state index is -1.13. The van der Waals surface area contributed by atoms with Crippen molar-refractivity contribution in [2.45, 2.75) is 24.8 Å². The van der Waals surface area contributed by atoms with E-state index in [0.29, 0.717) is 5.56 Å². The Kier molecular flexibility index (Phi) is 4.61. The third-order valence-corrected chi connectivity index (χ3v) is 3.95. The molecule has 1 saturated carbocycles. The smallest absolute Gasteiger partial charge is 0.328 e. The number of nitrogens with one attached hydrogen (secondary N) is 1. The maximum absolute atomic E-state index is 12.5. The number of rotatable bonds is 7. The van der Waals surface area contributed by atoms with E-state index in [4.69, 9.17) is 9.84 Å². The molecule has 1 aromatic carbocycles. The molecule has 1 aliphatic carbocycles. The summed E-state index contributed by atoms with van der Waals surface area (Å²) in [5.41, 5.74) is 2.13. The lowest BCUT2D eigenvalue weighted by atomic mass is 10.1. The maximum Gasteiger partial charge on any atom is 0.328 e. The number of amides is 1. The summed E-state index contributed by atoms with van der Waals surface area (Å²) in [6.07, 6.45) is 3.50. The normalized spacial score (nSPS) is 15.0. The summed E-state index contributed by atoms with van der Waals surface area (Å²) in [7, 11) is 1.39. The van der Waals surface area contributed by atoms with Crippen LogP contribution in [-0.4, -0.2) is 46.5 Å². The van der Waals surface area contributed by atoms with Crippen LogP contribution in [0.5, 0.6) is 0 Å². The van der Waals surface area contributed by atoms with E-state index in [1.54, 1.807) is 4.68 Å². The third-order valence-electron chi connectivity index (χ3n) is 3.95. The monoisotopic (exact) mass is 329 g/mol. The Morgan fingerprint density at radius 2 is 2.08 bits per heavy atom. The number of methoxy groups -OCH3 is 1. The molecule has 0 aliphatic heterocycles. The molecule has 2 aromatic rings. The number of hydrogen-bond donors (Lipinski definition) is 2. The Bertz CT molecular complexity index is 738. The van der Waals surface area contributed by atoms with Crippen molar-refractivity contribution in [2.24, 2.45) is 0 Å². The van der Waals surface area contributed by atoms with Gasteiger partial charge in [0.25, 0.3) is 5.91 Å². The summed E-state index contributed by atoms with van der Waals surface area (Å²) >= 11 is 0. The first-order valence-electron chi connectivity index (χ1n) is 7.77. The van der Waals surface area contributed by atoms with E-state index in [-0.39, 0.29) is 12.5 Å². The van der Waals surface area contributed by atoms with Gasteiger partial charge in [0, 0.05) is 13.0 Å². The number of carboxylic acids is 1. The van der Waals surface area contributed by atoms with Gasteiger partial charge in [0.15, 0.2) is 6.04 Å². The number of carbonyl (C=O) groups excluding carboxylic acids is 1. The molecule has 7 nitrogen and oxygen atoms in total. The highest BCUT2D eigenvalue weighted by molar-refractivity contribution is 5.97. The lowest BCUT2D eigenvalue weighted by Crippen LogP contribution is -2.44. The van der Waals surface area contributed by atoms with Gasteiger partial charge in [-0.1, -0.05) is 18.2 Å². The summed E-state index contributed by atoms with van der Waals surface area (Å²) in [6, 6.07) is 8.49. The van der Waals surface area contributed by atoms with Gasteiger partial charge in [-0.25, -0.2) is 9.48 Å². The molecule has 3 rings (SSSR count). The molecule has 0 saturated heterocycles. The van der Waals surface area contributed by atoms with Crippen LogP contribution in [0.4, 0.5) is 0 Å². The molecule has 1 atom stereocenters. The molecule has 1 amide bonds. The van der Waals surface area contributed by atoms with Crippen molar-refractivity contribution in [3.05, 3.63) is 47.8 Å². The van der Waals surface area contributed by atoms with Crippen molar-refractivity contribution in [1.29, 1.82) is 0 Å². The Hall–Kier alpha value is -2.67. The third kappa shape index (κ3) is 3.30. The van der Waals surface area contributed by atoms with E-state index < -0.39 is 17.9 Å². The van der Waals surface area contributed by atoms with Crippen LogP contribution < -0.4 is 5.32 Å². The van der Waals surface area contributed by atoms with Gasteiger partial charge in [0.2, 0.25) is 0 Å². The van der Waals surface area contributed by atoms with Crippen molar-refractivity contribution in [2.75, 3.05) is 13.7 Å². The fourth-order valence-corrected chi connectivity index (χ4v) is 2.63. The fraction of sp³-hybridized carbons (Fsp3) is 0.353. The van der Waals surface area contributed by atoms with Gasteiger partial charge in [0.1, 0.15) is 0 Å². The number of aromatic nitrogens is 2. The maximum atomic E-state index is 12.5. The van der Waals surface area contributed by atoms with Gasteiger partial charge >= 0.3 is 5.97 Å². The molecular formula is C17H19N3O4. The highest BCUT2D eigenvalue weighted by Crippen LogP contribution is 2.42. The number of nitrogens with zero attached hydrogens (tertiary/aromatic N) is 2. The Balaban J connectivity index is 1.90. The van der Waals surface area contributed by atoms with E-state index in [1.807, 2.05) is 30.3 Å². The number of aliphatic carboxylic acids is 1. The number of carbonyl (C=O) groups is 2. The lowest BCUT2D eigenvalue weighted by Gasteiger charge is -2.14. The van der Waals surface area contributed by atoms with Crippen LogP contribution in [0.3, 0.4) is 0 Å². The van der Waals surface area contributed by atoms with Crippen LogP contribution in [0, 0.1) is 0 Å². The number of benzene rings is 1. The topological polar surface area (TPSA) is 93.5 Å². The highest BCUT2D eigenvalue weighted by atomic mass is 16.5. The van der Waals surface area contributed by atoms with Crippen LogP contribution in [0.1, 0.15) is 34.8 Å². The zero-order valence-electron chi connectivity index (χ0n) is 13.3. The average Bonchev–Trinajstić information content (AvgIpc) is 3.33. The van der Waals surface area contributed by atoms with Crippen molar-refractivity contribution >= 4 is 11.9 Å². The van der Waals surface area contributed by atoms with E-state index in [0.717, 1.165) is 24.2 Å². The molecule has 1 aromatic heterocycles. The van der Waals surface area contributed by atoms with Crippen LogP contribution in [-0.2, 0) is 9.53 Å². The van der Waals surface area contributed by atoms with Gasteiger partial charge in [-0.05, 0) is 25.0 Å². The summed E-state index contributed by atoms with van der Waals surface area (Å²) in [4.78, 5) is 23.7. The van der Waals surface area contributed by atoms with Gasteiger partial charge < -0.3 is 15.2 Å². The van der Waals surface area contributed by atoms with Gasteiger partial charge in [-0.2, -0.15) is 5.10 Å². The predicted molar refractivity (Wildman–Crippen MR) is 86.3 cm³/mol.